The van der Waals surface area contributed by atoms with Crippen LogP contribution in [0, 0.1) is 6.92 Å². The molecule has 0 radical (unpaired) electrons. The highest BCUT2D eigenvalue weighted by Crippen LogP contribution is 2.22. The normalized spacial score (nSPS) is 9.25. The van der Waals surface area contributed by atoms with Crippen LogP contribution in [0.15, 0.2) is 24.3 Å². The van der Waals surface area contributed by atoms with Gasteiger partial charge < -0.3 is 4.74 Å². The van der Waals surface area contributed by atoms with Crippen molar-refractivity contribution in [3.63, 3.8) is 0 Å². The average Bonchev–Trinajstić information content (AvgIpc) is 2.25. The minimum absolute atomic E-state index is 0.187. The average molecular weight is 236 g/mol. The molecule has 0 aliphatic heterocycles. The van der Waals surface area contributed by atoms with Crippen LogP contribution >= 0.6 is 0 Å². The fraction of sp³-hybridized carbons (Fsp3) is 0.500. The Morgan fingerprint density at radius 3 is 1.56 bits per heavy atom. The van der Waals surface area contributed by atoms with Crippen LogP contribution < -0.4 is 4.74 Å². The summed E-state index contributed by atoms with van der Waals surface area (Å²) in [6.07, 6.45) is -4.60. The van der Waals surface area contributed by atoms with E-state index in [1.807, 2.05) is 27.7 Å². The fourth-order valence-corrected chi connectivity index (χ4v) is 0.740. The molecule has 0 saturated carbocycles. The highest BCUT2D eigenvalue weighted by atomic mass is 19.4. The minimum atomic E-state index is -4.60. The minimum Gasteiger partial charge on any atom is -0.406 e. The summed E-state index contributed by atoms with van der Waals surface area (Å²) < 4.78 is 38.5. The molecule has 0 atom stereocenters. The Balaban J connectivity index is 0. The van der Waals surface area contributed by atoms with Gasteiger partial charge in [0.05, 0.1) is 0 Å². The van der Waals surface area contributed by atoms with E-state index >= 15 is 0 Å². The Hall–Kier alpha value is -1.19. The fourth-order valence-electron chi connectivity index (χ4n) is 0.740. The first-order valence-corrected chi connectivity index (χ1v) is 5.30. The number of alkyl halides is 3. The number of benzene rings is 1. The van der Waals surface area contributed by atoms with Gasteiger partial charge in [0.2, 0.25) is 0 Å². The molecule has 0 fully saturated rings. The Kier molecular flexibility index (Phi) is 9.75. The van der Waals surface area contributed by atoms with E-state index in [1.54, 1.807) is 19.1 Å². The number of aryl methyl sites for hydroxylation is 1. The van der Waals surface area contributed by atoms with Gasteiger partial charge in [-0.1, -0.05) is 45.4 Å². The van der Waals surface area contributed by atoms with Crippen molar-refractivity contribution in [3.8, 4) is 5.75 Å². The smallest absolute Gasteiger partial charge is 0.406 e. The van der Waals surface area contributed by atoms with Crippen molar-refractivity contribution < 1.29 is 17.9 Å². The molecule has 94 valence electrons. The molecule has 16 heavy (non-hydrogen) atoms. The van der Waals surface area contributed by atoms with E-state index in [2.05, 4.69) is 4.74 Å². The van der Waals surface area contributed by atoms with Crippen LogP contribution in [0.5, 0.6) is 5.75 Å². The summed E-state index contributed by atoms with van der Waals surface area (Å²) in [5.41, 5.74) is 0.893. The van der Waals surface area contributed by atoms with E-state index < -0.39 is 6.36 Å². The molecule has 0 spiro atoms. The first-order valence-electron chi connectivity index (χ1n) is 5.30. The van der Waals surface area contributed by atoms with Crippen LogP contribution in [0.4, 0.5) is 13.2 Å². The number of halogens is 3. The molecule has 0 aliphatic carbocycles. The van der Waals surface area contributed by atoms with E-state index in [9.17, 15) is 13.2 Å². The lowest BCUT2D eigenvalue weighted by molar-refractivity contribution is -0.274. The van der Waals surface area contributed by atoms with E-state index in [0.717, 1.165) is 5.56 Å². The van der Waals surface area contributed by atoms with Crippen LogP contribution in [0.25, 0.3) is 0 Å². The van der Waals surface area contributed by atoms with Crippen molar-refractivity contribution in [1.82, 2.24) is 0 Å². The molecule has 4 heteroatoms. The molecule has 0 N–H and O–H groups in total. The molecule has 0 aromatic heterocycles. The molecule has 0 heterocycles. The summed E-state index contributed by atoms with van der Waals surface area (Å²) in [5.74, 6) is -0.187. The molecule has 0 aliphatic rings. The second kappa shape index (κ2) is 9.07. The summed E-state index contributed by atoms with van der Waals surface area (Å²) in [7, 11) is 0. The van der Waals surface area contributed by atoms with E-state index in [4.69, 9.17) is 0 Å². The highest BCUT2D eigenvalue weighted by Gasteiger charge is 2.30. The van der Waals surface area contributed by atoms with Gasteiger partial charge in [-0.2, -0.15) is 0 Å². The monoisotopic (exact) mass is 236 g/mol. The summed E-state index contributed by atoms with van der Waals surface area (Å²) in [5, 5.41) is 0. The SMILES string of the molecule is CC.CC.Cc1ccc(OC(F)(F)F)cc1. The van der Waals surface area contributed by atoms with Crippen molar-refractivity contribution in [1.29, 1.82) is 0 Å². The predicted molar refractivity (Wildman–Crippen MR) is 60.6 cm³/mol. The van der Waals surface area contributed by atoms with Crippen molar-refractivity contribution in [3.05, 3.63) is 29.8 Å². The molecule has 0 unspecified atom stereocenters. The van der Waals surface area contributed by atoms with Crippen molar-refractivity contribution in [2.24, 2.45) is 0 Å². The van der Waals surface area contributed by atoms with Crippen LogP contribution in [0.2, 0.25) is 0 Å². The van der Waals surface area contributed by atoms with Crippen molar-refractivity contribution in [2.45, 2.75) is 41.0 Å². The lowest BCUT2D eigenvalue weighted by atomic mass is 10.2. The zero-order valence-corrected chi connectivity index (χ0v) is 10.4. The van der Waals surface area contributed by atoms with Gasteiger partial charge in [0.25, 0.3) is 0 Å². The third kappa shape index (κ3) is 9.37. The Morgan fingerprint density at radius 1 is 0.875 bits per heavy atom. The standard InChI is InChI=1S/C8H7F3O.2C2H6/c1-6-2-4-7(5-3-6)12-8(9,10)11;2*1-2/h2-5H,1H3;2*1-2H3. The van der Waals surface area contributed by atoms with Gasteiger partial charge in [-0.05, 0) is 19.1 Å². The van der Waals surface area contributed by atoms with Crippen LogP contribution in [0.1, 0.15) is 33.3 Å². The van der Waals surface area contributed by atoms with Gasteiger partial charge in [-0.3, -0.25) is 0 Å². The number of ether oxygens (including phenoxy) is 1. The number of hydrogen-bond acceptors (Lipinski definition) is 1. The maximum absolute atomic E-state index is 11.6. The van der Waals surface area contributed by atoms with Crippen molar-refractivity contribution in [2.75, 3.05) is 0 Å². The number of hydrogen-bond donors (Lipinski definition) is 0. The summed E-state index contributed by atoms with van der Waals surface area (Å²) in [4.78, 5) is 0. The maximum atomic E-state index is 11.6. The lowest BCUT2D eigenvalue weighted by Crippen LogP contribution is -2.16. The van der Waals surface area contributed by atoms with Gasteiger partial charge >= 0.3 is 6.36 Å². The second-order valence-corrected chi connectivity index (χ2v) is 2.36. The first-order chi connectivity index (χ1) is 7.47. The molecular weight excluding hydrogens is 217 g/mol. The zero-order chi connectivity index (χ0) is 13.2. The quantitative estimate of drug-likeness (QED) is 0.670. The first kappa shape index (κ1) is 17.2. The Bertz CT molecular complexity index is 252. The van der Waals surface area contributed by atoms with E-state index in [1.165, 1.54) is 12.1 Å². The van der Waals surface area contributed by atoms with Gasteiger partial charge in [0, 0.05) is 0 Å². The molecule has 1 nitrogen and oxygen atoms in total. The third-order valence-corrected chi connectivity index (χ3v) is 1.25. The molecule has 1 aromatic rings. The van der Waals surface area contributed by atoms with Crippen LogP contribution in [0.3, 0.4) is 0 Å². The van der Waals surface area contributed by atoms with E-state index in [-0.39, 0.29) is 5.75 Å². The Morgan fingerprint density at radius 2 is 1.25 bits per heavy atom. The molecule has 1 aromatic carbocycles. The van der Waals surface area contributed by atoms with Gasteiger partial charge in [-0.15, -0.1) is 13.2 Å². The van der Waals surface area contributed by atoms with Gasteiger partial charge in [0.15, 0.2) is 0 Å². The molecule has 0 saturated heterocycles. The van der Waals surface area contributed by atoms with Crippen LogP contribution in [-0.4, -0.2) is 6.36 Å². The van der Waals surface area contributed by atoms with Crippen LogP contribution in [-0.2, 0) is 0 Å². The molecular formula is C12H19F3O. The maximum Gasteiger partial charge on any atom is 0.573 e. The van der Waals surface area contributed by atoms with Gasteiger partial charge in [-0.25, -0.2) is 0 Å². The molecule has 0 bridgehead atoms. The molecule has 1 rings (SSSR count). The summed E-state index contributed by atoms with van der Waals surface area (Å²) >= 11 is 0. The zero-order valence-electron chi connectivity index (χ0n) is 10.4. The Labute approximate surface area is 95.2 Å². The summed E-state index contributed by atoms with van der Waals surface area (Å²) in [6, 6.07) is 5.67. The number of rotatable bonds is 1. The van der Waals surface area contributed by atoms with E-state index in [0.29, 0.717) is 0 Å². The van der Waals surface area contributed by atoms with Crippen molar-refractivity contribution >= 4 is 0 Å². The van der Waals surface area contributed by atoms with Gasteiger partial charge in [0.1, 0.15) is 5.75 Å². The highest BCUT2D eigenvalue weighted by molar-refractivity contribution is 5.26. The predicted octanol–water partition coefficient (Wildman–Crippen LogP) is 4.95. The summed E-state index contributed by atoms with van der Waals surface area (Å²) in [6.45, 7) is 9.79. The third-order valence-electron chi connectivity index (χ3n) is 1.25. The lowest BCUT2D eigenvalue weighted by Gasteiger charge is -2.08. The molecule has 0 amide bonds. The topological polar surface area (TPSA) is 9.23 Å². The largest absolute Gasteiger partial charge is 0.573 e. The second-order valence-electron chi connectivity index (χ2n) is 2.36.